The molecule has 1 aromatic heterocycles. The minimum Gasteiger partial charge on any atom is -0.469 e. The van der Waals surface area contributed by atoms with Gasteiger partial charge in [0.2, 0.25) is 0 Å². The Balaban J connectivity index is 2.54. The lowest BCUT2D eigenvalue weighted by Crippen LogP contribution is -2.05. The summed E-state index contributed by atoms with van der Waals surface area (Å²) in [4.78, 5) is 15.1. The maximum atomic E-state index is 13.4. The summed E-state index contributed by atoms with van der Waals surface area (Å²) in [5.74, 6) is -0.664. The number of halogens is 1. The second kappa shape index (κ2) is 4.26. The highest BCUT2D eigenvalue weighted by Gasteiger charge is 2.09. The van der Waals surface area contributed by atoms with Crippen LogP contribution in [0.4, 0.5) is 4.39 Å². The smallest absolute Gasteiger partial charge is 0.310 e. The molecule has 0 atom stereocenters. The molecule has 0 aliphatic carbocycles. The molecule has 1 heterocycles. The van der Waals surface area contributed by atoms with E-state index in [-0.39, 0.29) is 18.2 Å². The molecule has 4 heteroatoms. The molecule has 0 fully saturated rings. The number of nitrogens with zero attached hydrogens (tertiary/aromatic N) is 1. The first-order valence-corrected chi connectivity index (χ1v) is 4.80. The Kier molecular flexibility index (Phi) is 2.81. The molecular weight excluding hydrogens is 209 g/mol. The monoisotopic (exact) mass is 219 g/mol. The van der Waals surface area contributed by atoms with Gasteiger partial charge >= 0.3 is 5.97 Å². The molecule has 0 amide bonds. The molecule has 2 aromatic rings. The van der Waals surface area contributed by atoms with E-state index in [1.807, 2.05) is 0 Å². The number of pyridine rings is 1. The molecule has 0 spiro atoms. The van der Waals surface area contributed by atoms with Crippen molar-refractivity contribution in [3.05, 3.63) is 42.0 Å². The van der Waals surface area contributed by atoms with Crippen LogP contribution in [0.15, 0.2) is 30.6 Å². The lowest BCUT2D eigenvalue weighted by atomic mass is 10.0. The Morgan fingerprint density at radius 2 is 2.19 bits per heavy atom. The van der Waals surface area contributed by atoms with Gasteiger partial charge in [-0.05, 0) is 17.7 Å². The lowest BCUT2D eigenvalue weighted by Gasteiger charge is -2.05. The Labute approximate surface area is 91.9 Å². The molecule has 0 saturated carbocycles. The summed E-state index contributed by atoms with van der Waals surface area (Å²) >= 11 is 0. The molecule has 0 aliphatic heterocycles. The predicted octanol–water partition coefficient (Wildman–Crippen LogP) is 2.09. The Morgan fingerprint density at radius 3 is 2.94 bits per heavy atom. The minimum absolute atomic E-state index is 0.124. The molecule has 0 aliphatic rings. The van der Waals surface area contributed by atoms with Crippen molar-refractivity contribution in [1.82, 2.24) is 4.98 Å². The first-order chi connectivity index (χ1) is 7.72. The van der Waals surface area contributed by atoms with Gasteiger partial charge in [0, 0.05) is 23.2 Å². The average molecular weight is 219 g/mol. The molecule has 3 nitrogen and oxygen atoms in total. The van der Waals surface area contributed by atoms with E-state index in [1.54, 1.807) is 18.3 Å². The molecule has 16 heavy (non-hydrogen) atoms. The highest BCUT2D eigenvalue weighted by atomic mass is 19.1. The van der Waals surface area contributed by atoms with Crippen LogP contribution in [0, 0.1) is 5.82 Å². The number of esters is 1. The van der Waals surface area contributed by atoms with Crippen LogP contribution < -0.4 is 0 Å². The first-order valence-electron chi connectivity index (χ1n) is 4.80. The highest BCUT2D eigenvalue weighted by Crippen LogP contribution is 2.21. The number of rotatable bonds is 2. The summed E-state index contributed by atoms with van der Waals surface area (Å²) in [6.07, 6.45) is 3.20. The zero-order valence-electron chi connectivity index (χ0n) is 8.74. The van der Waals surface area contributed by atoms with Gasteiger partial charge in [0.1, 0.15) is 5.82 Å². The number of hydrogen-bond donors (Lipinski definition) is 0. The Hall–Kier alpha value is -1.97. The third-order valence-electron chi connectivity index (χ3n) is 2.42. The van der Waals surface area contributed by atoms with E-state index in [0.29, 0.717) is 10.8 Å². The van der Waals surface area contributed by atoms with Gasteiger partial charge in [-0.1, -0.05) is 6.07 Å². The van der Waals surface area contributed by atoms with Crippen LogP contribution in [-0.4, -0.2) is 18.1 Å². The molecular formula is C12H10FNO2. The molecule has 0 unspecified atom stereocenters. The standard InChI is InChI=1S/C12H10FNO2/c1-16-12(15)6-8-2-3-11(13)9-4-5-14-7-10(8)9/h2-5,7H,6H2,1H3. The van der Waals surface area contributed by atoms with Crippen molar-refractivity contribution in [3.63, 3.8) is 0 Å². The SMILES string of the molecule is COC(=O)Cc1ccc(F)c2ccncc12. The first kappa shape index (κ1) is 10.5. The predicted molar refractivity (Wildman–Crippen MR) is 57.4 cm³/mol. The van der Waals surface area contributed by atoms with Crippen molar-refractivity contribution in [2.24, 2.45) is 0 Å². The van der Waals surface area contributed by atoms with Crippen molar-refractivity contribution >= 4 is 16.7 Å². The molecule has 1 aromatic carbocycles. The summed E-state index contributed by atoms with van der Waals surface area (Å²) in [5.41, 5.74) is 0.719. The van der Waals surface area contributed by atoms with Crippen LogP contribution in [0.25, 0.3) is 10.8 Å². The summed E-state index contributed by atoms with van der Waals surface area (Å²) in [6.45, 7) is 0. The normalized spacial score (nSPS) is 10.4. The topological polar surface area (TPSA) is 39.2 Å². The van der Waals surface area contributed by atoms with Crippen molar-refractivity contribution in [2.75, 3.05) is 7.11 Å². The van der Waals surface area contributed by atoms with Crippen LogP contribution >= 0.6 is 0 Å². The fourth-order valence-corrected chi connectivity index (χ4v) is 1.59. The van der Waals surface area contributed by atoms with Gasteiger partial charge in [-0.15, -0.1) is 0 Å². The number of fused-ring (bicyclic) bond motifs is 1. The van der Waals surface area contributed by atoms with Crippen molar-refractivity contribution in [1.29, 1.82) is 0 Å². The number of hydrogen-bond acceptors (Lipinski definition) is 3. The maximum absolute atomic E-state index is 13.4. The van der Waals surface area contributed by atoms with E-state index in [2.05, 4.69) is 9.72 Å². The largest absolute Gasteiger partial charge is 0.469 e. The Morgan fingerprint density at radius 1 is 1.38 bits per heavy atom. The van der Waals surface area contributed by atoms with Gasteiger partial charge in [0.15, 0.2) is 0 Å². The van der Waals surface area contributed by atoms with Crippen LogP contribution in [0.3, 0.4) is 0 Å². The second-order valence-electron chi connectivity index (χ2n) is 3.38. The second-order valence-corrected chi connectivity index (χ2v) is 3.38. The van der Waals surface area contributed by atoms with Gasteiger partial charge < -0.3 is 4.74 Å². The minimum atomic E-state index is -0.350. The van der Waals surface area contributed by atoms with Gasteiger partial charge in [-0.25, -0.2) is 4.39 Å². The van der Waals surface area contributed by atoms with Crippen molar-refractivity contribution in [3.8, 4) is 0 Å². The number of aromatic nitrogens is 1. The van der Waals surface area contributed by atoms with E-state index in [0.717, 1.165) is 5.56 Å². The molecule has 82 valence electrons. The van der Waals surface area contributed by atoms with E-state index in [4.69, 9.17) is 0 Å². The third-order valence-corrected chi connectivity index (χ3v) is 2.42. The fraction of sp³-hybridized carbons (Fsp3) is 0.167. The lowest BCUT2D eigenvalue weighted by molar-refractivity contribution is -0.139. The zero-order chi connectivity index (χ0) is 11.5. The molecule has 0 N–H and O–H groups in total. The summed E-state index contributed by atoms with van der Waals surface area (Å²) < 4.78 is 18.0. The molecule has 0 bridgehead atoms. The number of methoxy groups -OCH3 is 1. The fourth-order valence-electron chi connectivity index (χ4n) is 1.59. The van der Waals surface area contributed by atoms with Gasteiger partial charge in [-0.3, -0.25) is 9.78 Å². The van der Waals surface area contributed by atoms with Crippen LogP contribution in [0.5, 0.6) is 0 Å². The molecule has 2 rings (SSSR count). The molecule has 0 saturated heterocycles. The number of ether oxygens (including phenoxy) is 1. The van der Waals surface area contributed by atoms with Crippen molar-refractivity contribution < 1.29 is 13.9 Å². The van der Waals surface area contributed by atoms with Crippen LogP contribution in [0.2, 0.25) is 0 Å². The van der Waals surface area contributed by atoms with Gasteiger partial charge in [0.05, 0.1) is 13.5 Å². The third kappa shape index (κ3) is 1.86. The van der Waals surface area contributed by atoms with E-state index in [1.165, 1.54) is 19.4 Å². The average Bonchev–Trinajstić information content (AvgIpc) is 2.33. The van der Waals surface area contributed by atoms with Gasteiger partial charge in [-0.2, -0.15) is 0 Å². The summed E-state index contributed by atoms with van der Waals surface area (Å²) in [6, 6.07) is 4.52. The van der Waals surface area contributed by atoms with E-state index >= 15 is 0 Å². The maximum Gasteiger partial charge on any atom is 0.310 e. The summed E-state index contributed by atoms with van der Waals surface area (Å²) in [7, 11) is 1.33. The van der Waals surface area contributed by atoms with Gasteiger partial charge in [0.25, 0.3) is 0 Å². The molecule has 0 radical (unpaired) electrons. The Bertz CT molecular complexity index is 540. The number of benzene rings is 1. The quantitative estimate of drug-likeness (QED) is 0.726. The van der Waals surface area contributed by atoms with E-state index in [9.17, 15) is 9.18 Å². The zero-order valence-corrected chi connectivity index (χ0v) is 8.74. The van der Waals surface area contributed by atoms with Crippen LogP contribution in [-0.2, 0) is 16.0 Å². The highest BCUT2D eigenvalue weighted by molar-refractivity contribution is 5.88. The summed E-state index contributed by atoms with van der Waals surface area (Å²) in [5, 5.41) is 1.12. The number of carbonyl (C=O) groups is 1. The number of carbonyl (C=O) groups excluding carboxylic acids is 1. The van der Waals surface area contributed by atoms with Crippen molar-refractivity contribution in [2.45, 2.75) is 6.42 Å². The van der Waals surface area contributed by atoms with E-state index < -0.39 is 0 Å². The van der Waals surface area contributed by atoms with Crippen LogP contribution in [0.1, 0.15) is 5.56 Å².